The predicted octanol–water partition coefficient (Wildman–Crippen LogP) is 5.29. The molecule has 3 aromatic rings. The first kappa shape index (κ1) is 22.7. The van der Waals surface area contributed by atoms with Gasteiger partial charge in [-0.15, -0.1) is 0 Å². The SMILES string of the molecule is CC=C(Cn1c(C)c(Cc2ccccc2-c2ccccc2OC)c2c1CCNC2=O)OCC. The molecule has 0 saturated carbocycles. The molecule has 5 heteroatoms. The Morgan fingerprint density at radius 3 is 2.58 bits per heavy atom. The molecule has 0 radical (unpaired) electrons. The summed E-state index contributed by atoms with van der Waals surface area (Å²) in [5, 5.41) is 3.04. The summed E-state index contributed by atoms with van der Waals surface area (Å²) < 4.78 is 13.7. The second kappa shape index (κ2) is 9.99. The van der Waals surface area contributed by atoms with Crippen molar-refractivity contribution >= 4 is 5.91 Å². The van der Waals surface area contributed by atoms with Crippen LogP contribution in [0, 0.1) is 6.92 Å². The summed E-state index contributed by atoms with van der Waals surface area (Å²) in [7, 11) is 1.70. The number of carbonyl (C=O) groups is 1. The van der Waals surface area contributed by atoms with Crippen LogP contribution < -0.4 is 10.1 Å². The van der Waals surface area contributed by atoms with Gasteiger partial charge in [0.2, 0.25) is 0 Å². The van der Waals surface area contributed by atoms with Gasteiger partial charge in [0.25, 0.3) is 5.91 Å². The molecule has 4 rings (SSSR count). The molecule has 0 saturated heterocycles. The van der Waals surface area contributed by atoms with Gasteiger partial charge in [0.1, 0.15) is 11.5 Å². The summed E-state index contributed by atoms with van der Waals surface area (Å²) in [5.74, 6) is 1.78. The highest BCUT2D eigenvalue weighted by Gasteiger charge is 2.29. The number of para-hydroxylation sites is 1. The number of methoxy groups -OCH3 is 1. The van der Waals surface area contributed by atoms with E-state index in [1.165, 1.54) is 5.56 Å². The first-order valence-corrected chi connectivity index (χ1v) is 11.6. The standard InChI is InChI=1S/C28H32N2O3/c1-5-21(33-6-2)18-30-19(3)24(27-25(30)15-16-29-28(27)31)17-20-11-7-8-12-22(20)23-13-9-10-14-26(23)32-4/h5,7-14H,6,15-18H2,1-4H3,(H,29,31). The van der Waals surface area contributed by atoms with Crippen molar-refractivity contribution in [3.8, 4) is 16.9 Å². The number of fused-ring (bicyclic) bond motifs is 1. The number of benzene rings is 2. The van der Waals surface area contributed by atoms with Crippen LogP contribution in [0.5, 0.6) is 5.75 Å². The van der Waals surface area contributed by atoms with Crippen molar-refractivity contribution in [2.45, 2.75) is 40.2 Å². The molecule has 1 aliphatic heterocycles. The molecule has 33 heavy (non-hydrogen) atoms. The number of rotatable bonds is 8. The van der Waals surface area contributed by atoms with Gasteiger partial charge in [-0.1, -0.05) is 42.5 Å². The van der Waals surface area contributed by atoms with Crippen LogP contribution in [-0.2, 0) is 24.1 Å². The Balaban J connectivity index is 1.81. The zero-order valence-electron chi connectivity index (χ0n) is 19.9. The average Bonchev–Trinajstić information content (AvgIpc) is 3.11. The number of hydrogen-bond acceptors (Lipinski definition) is 3. The monoisotopic (exact) mass is 444 g/mol. The maximum absolute atomic E-state index is 13.0. The average molecular weight is 445 g/mol. The van der Waals surface area contributed by atoms with Crippen molar-refractivity contribution in [2.24, 2.45) is 0 Å². The van der Waals surface area contributed by atoms with Gasteiger partial charge < -0.3 is 19.4 Å². The van der Waals surface area contributed by atoms with E-state index in [-0.39, 0.29) is 5.91 Å². The van der Waals surface area contributed by atoms with E-state index in [1.54, 1.807) is 7.11 Å². The van der Waals surface area contributed by atoms with Crippen molar-refractivity contribution in [3.05, 3.63) is 88.4 Å². The minimum atomic E-state index is 0.0151. The smallest absolute Gasteiger partial charge is 0.253 e. The Bertz CT molecular complexity index is 1190. The van der Waals surface area contributed by atoms with Crippen molar-refractivity contribution in [1.82, 2.24) is 9.88 Å². The second-order valence-corrected chi connectivity index (χ2v) is 8.20. The Morgan fingerprint density at radius 1 is 1.12 bits per heavy atom. The van der Waals surface area contributed by atoms with Crippen molar-refractivity contribution in [1.29, 1.82) is 0 Å². The fraction of sp³-hybridized carbons (Fsp3) is 0.321. The molecule has 1 aliphatic rings. The number of carbonyl (C=O) groups excluding carboxylic acids is 1. The lowest BCUT2D eigenvalue weighted by atomic mass is 9.92. The molecule has 2 aromatic carbocycles. The van der Waals surface area contributed by atoms with Gasteiger partial charge in [0, 0.05) is 36.3 Å². The number of ether oxygens (including phenoxy) is 2. The third-order valence-corrected chi connectivity index (χ3v) is 6.38. The van der Waals surface area contributed by atoms with Gasteiger partial charge in [0.15, 0.2) is 0 Å². The molecule has 0 fully saturated rings. The minimum absolute atomic E-state index is 0.0151. The zero-order chi connectivity index (χ0) is 23.4. The number of amides is 1. The third kappa shape index (κ3) is 4.40. The third-order valence-electron chi connectivity index (χ3n) is 6.38. The Kier molecular flexibility index (Phi) is 6.87. The lowest BCUT2D eigenvalue weighted by Crippen LogP contribution is -2.33. The van der Waals surface area contributed by atoms with Crippen LogP contribution >= 0.6 is 0 Å². The molecule has 1 aromatic heterocycles. The maximum Gasteiger partial charge on any atom is 0.253 e. The summed E-state index contributed by atoms with van der Waals surface area (Å²) in [6, 6.07) is 16.4. The first-order chi connectivity index (χ1) is 16.1. The number of aromatic nitrogens is 1. The molecule has 0 atom stereocenters. The van der Waals surface area contributed by atoms with Gasteiger partial charge in [-0.05, 0) is 49.6 Å². The summed E-state index contributed by atoms with van der Waals surface area (Å²) in [6.07, 6.45) is 3.50. The van der Waals surface area contributed by atoms with E-state index in [9.17, 15) is 4.79 Å². The summed E-state index contributed by atoms with van der Waals surface area (Å²) >= 11 is 0. The molecule has 5 nitrogen and oxygen atoms in total. The first-order valence-electron chi connectivity index (χ1n) is 11.6. The Labute approximate surface area is 196 Å². The van der Waals surface area contributed by atoms with E-state index in [4.69, 9.17) is 9.47 Å². The van der Waals surface area contributed by atoms with Crippen LogP contribution in [-0.4, -0.2) is 30.7 Å². The van der Waals surface area contributed by atoms with E-state index >= 15 is 0 Å². The zero-order valence-corrected chi connectivity index (χ0v) is 19.9. The van der Waals surface area contributed by atoms with Crippen LogP contribution in [0.4, 0.5) is 0 Å². The van der Waals surface area contributed by atoms with E-state index in [0.717, 1.165) is 51.6 Å². The number of nitrogens with one attached hydrogen (secondary N) is 1. The highest BCUT2D eigenvalue weighted by Crippen LogP contribution is 2.35. The van der Waals surface area contributed by atoms with Gasteiger partial charge in [-0.2, -0.15) is 0 Å². The predicted molar refractivity (Wildman–Crippen MR) is 132 cm³/mol. The van der Waals surface area contributed by atoms with E-state index in [2.05, 4.69) is 41.1 Å². The van der Waals surface area contributed by atoms with Crippen LogP contribution in [0.15, 0.2) is 60.4 Å². The number of allylic oxidation sites excluding steroid dienone is 2. The normalized spacial score (nSPS) is 13.5. The lowest BCUT2D eigenvalue weighted by molar-refractivity contribution is 0.0944. The second-order valence-electron chi connectivity index (χ2n) is 8.20. The fourth-order valence-corrected chi connectivity index (χ4v) is 4.75. The van der Waals surface area contributed by atoms with Crippen molar-refractivity contribution < 1.29 is 14.3 Å². The molecule has 1 N–H and O–H groups in total. The number of nitrogens with zero attached hydrogens (tertiary/aromatic N) is 1. The Hall–Kier alpha value is -3.47. The topological polar surface area (TPSA) is 52.5 Å². The number of hydrogen-bond donors (Lipinski definition) is 1. The highest BCUT2D eigenvalue weighted by atomic mass is 16.5. The molecular formula is C28H32N2O3. The quantitative estimate of drug-likeness (QED) is 0.481. The van der Waals surface area contributed by atoms with Crippen LogP contribution in [0.25, 0.3) is 11.1 Å². The molecule has 0 bridgehead atoms. The van der Waals surface area contributed by atoms with Gasteiger partial charge in [0.05, 0.1) is 25.8 Å². The lowest BCUT2D eigenvalue weighted by Gasteiger charge is -2.18. The van der Waals surface area contributed by atoms with Gasteiger partial charge >= 0.3 is 0 Å². The van der Waals surface area contributed by atoms with Gasteiger partial charge in [-0.25, -0.2) is 0 Å². The molecule has 0 unspecified atom stereocenters. The van der Waals surface area contributed by atoms with Crippen LogP contribution in [0.3, 0.4) is 0 Å². The molecule has 0 aliphatic carbocycles. The van der Waals surface area contributed by atoms with Crippen LogP contribution in [0.1, 0.15) is 46.7 Å². The van der Waals surface area contributed by atoms with Crippen molar-refractivity contribution in [3.63, 3.8) is 0 Å². The molecule has 0 spiro atoms. The van der Waals surface area contributed by atoms with Crippen molar-refractivity contribution in [2.75, 3.05) is 20.3 Å². The Morgan fingerprint density at radius 2 is 1.85 bits per heavy atom. The largest absolute Gasteiger partial charge is 0.497 e. The highest BCUT2D eigenvalue weighted by molar-refractivity contribution is 5.98. The van der Waals surface area contributed by atoms with E-state index < -0.39 is 0 Å². The maximum atomic E-state index is 13.0. The summed E-state index contributed by atoms with van der Waals surface area (Å²) in [4.78, 5) is 13.0. The minimum Gasteiger partial charge on any atom is -0.497 e. The summed E-state index contributed by atoms with van der Waals surface area (Å²) in [6.45, 7) is 8.03. The molecule has 1 amide bonds. The summed E-state index contributed by atoms with van der Waals surface area (Å²) in [5.41, 5.74) is 7.46. The van der Waals surface area contributed by atoms with E-state index in [1.807, 2.05) is 44.2 Å². The van der Waals surface area contributed by atoms with Gasteiger partial charge in [-0.3, -0.25) is 4.79 Å². The molecule has 2 heterocycles. The fourth-order valence-electron chi connectivity index (χ4n) is 4.75. The van der Waals surface area contributed by atoms with E-state index in [0.29, 0.717) is 26.1 Å². The van der Waals surface area contributed by atoms with Crippen LogP contribution in [0.2, 0.25) is 0 Å². The molecule has 172 valence electrons. The molecular weight excluding hydrogens is 412 g/mol.